The van der Waals surface area contributed by atoms with Crippen molar-refractivity contribution in [3.8, 4) is 0 Å². The minimum atomic E-state index is 0.0650. The van der Waals surface area contributed by atoms with Crippen LogP contribution >= 0.6 is 0 Å². The highest BCUT2D eigenvalue weighted by Crippen LogP contribution is 2.12. The molecule has 0 aliphatic rings. The average Bonchev–Trinajstić information content (AvgIpc) is 2.52. The van der Waals surface area contributed by atoms with Crippen molar-refractivity contribution in [3.63, 3.8) is 0 Å². The van der Waals surface area contributed by atoms with Crippen molar-refractivity contribution < 1.29 is 4.79 Å². The maximum atomic E-state index is 12.1. The van der Waals surface area contributed by atoms with Crippen LogP contribution in [0.3, 0.4) is 0 Å². The fourth-order valence-electron chi connectivity index (χ4n) is 2.08. The lowest BCUT2D eigenvalue weighted by molar-refractivity contribution is -0.117. The Morgan fingerprint density at radius 2 is 1.60 bits per heavy atom. The number of hydrogen-bond donors (Lipinski definition) is 0. The van der Waals surface area contributed by atoms with Crippen LogP contribution in [0.4, 0.5) is 0 Å². The first-order chi connectivity index (χ1) is 9.75. The summed E-state index contributed by atoms with van der Waals surface area (Å²) in [5, 5.41) is 0. The second-order valence-electron chi connectivity index (χ2n) is 5.07. The third-order valence-electron chi connectivity index (χ3n) is 3.43. The molecule has 1 atom stereocenters. The Balaban J connectivity index is 1.85. The highest BCUT2D eigenvalue weighted by molar-refractivity contribution is 5.95. The molecule has 0 heterocycles. The van der Waals surface area contributed by atoms with Crippen LogP contribution in [0.15, 0.2) is 66.7 Å². The summed E-state index contributed by atoms with van der Waals surface area (Å²) in [7, 11) is 0. The van der Waals surface area contributed by atoms with Crippen molar-refractivity contribution in [2.75, 3.05) is 0 Å². The third-order valence-corrected chi connectivity index (χ3v) is 3.43. The summed E-state index contributed by atoms with van der Waals surface area (Å²) in [5.41, 5.74) is 2.36. The molecule has 0 N–H and O–H groups in total. The van der Waals surface area contributed by atoms with E-state index in [-0.39, 0.29) is 11.7 Å². The molecule has 1 unspecified atom stereocenters. The van der Waals surface area contributed by atoms with E-state index in [4.69, 9.17) is 0 Å². The lowest BCUT2D eigenvalue weighted by atomic mass is 9.97. The maximum absolute atomic E-state index is 12.1. The third kappa shape index (κ3) is 4.51. The fraction of sp³-hybridized carbons (Fsp3) is 0.211. The van der Waals surface area contributed by atoms with E-state index in [2.05, 4.69) is 12.1 Å². The molecular weight excluding hydrogens is 244 g/mol. The molecule has 102 valence electrons. The molecule has 0 amide bonds. The van der Waals surface area contributed by atoms with Gasteiger partial charge in [-0.25, -0.2) is 0 Å². The smallest absolute Gasteiger partial charge is 0.158 e. The molecule has 2 aromatic carbocycles. The van der Waals surface area contributed by atoms with Crippen LogP contribution in [-0.4, -0.2) is 5.78 Å². The quantitative estimate of drug-likeness (QED) is 0.700. The van der Waals surface area contributed by atoms with Gasteiger partial charge in [0.05, 0.1) is 0 Å². The number of rotatable bonds is 6. The zero-order valence-corrected chi connectivity index (χ0v) is 11.8. The Labute approximate surface area is 121 Å². The van der Waals surface area contributed by atoms with Crippen LogP contribution in [0.1, 0.15) is 24.5 Å². The number of allylic oxidation sites excluding steroid dienone is 1. The molecule has 0 saturated heterocycles. The van der Waals surface area contributed by atoms with E-state index in [1.165, 1.54) is 5.56 Å². The van der Waals surface area contributed by atoms with Crippen molar-refractivity contribution in [1.82, 2.24) is 0 Å². The molecule has 0 bridgehead atoms. The number of hydrogen-bond acceptors (Lipinski definition) is 1. The van der Waals surface area contributed by atoms with Gasteiger partial charge >= 0.3 is 0 Å². The van der Waals surface area contributed by atoms with E-state index in [0.29, 0.717) is 0 Å². The summed E-state index contributed by atoms with van der Waals surface area (Å²) in [6.45, 7) is 2.00. The number of carbonyl (C=O) groups excluding carboxylic acids is 1. The second-order valence-corrected chi connectivity index (χ2v) is 5.07. The largest absolute Gasteiger partial charge is 0.295 e. The molecule has 2 aromatic rings. The molecule has 0 aromatic heterocycles. The Morgan fingerprint density at radius 3 is 2.25 bits per heavy atom. The summed E-state index contributed by atoms with van der Waals surface area (Å²) in [5.74, 6) is 0.264. The minimum absolute atomic E-state index is 0.0650. The van der Waals surface area contributed by atoms with E-state index >= 15 is 0 Å². The van der Waals surface area contributed by atoms with Crippen molar-refractivity contribution in [3.05, 3.63) is 77.9 Å². The van der Waals surface area contributed by atoms with E-state index in [1.807, 2.05) is 61.5 Å². The van der Waals surface area contributed by atoms with Gasteiger partial charge in [-0.3, -0.25) is 4.79 Å². The van der Waals surface area contributed by atoms with E-state index in [0.717, 1.165) is 18.4 Å². The van der Waals surface area contributed by atoms with Crippen LogP contribution in [0.5, 0.6) is 0 Å². The SMILES string of the molecule is CC(CCc1ccccc1)C(=O)/C=C/c1ccccc1. The molecule has 0 spiro atoms. The first-order valence-electron chi connectivity index (χ1n) is 7.06. The lowest BCUT2D eigenvalue weighted by Crippen LogP contribution is -2.08. The average molecular weight is 264 g/mol. The van der Waals surface area contributed by atoms with Gasteiger partial charge in [-0.1, -0.05) is 73.7 Å². The molecule has 0 aliphatic heterocycles. The minimum Gasteiger partial charge on any atom is -0.295 e. The molecule has 0 radical (unpaired) electrons. The van der Waals surface area contributed by atoms with Crippen LogP contribution in [0.2, 0.25) is 0 Å². The Bertz CT molecular complexity index is 555. The highest BCUT2D eigenvalue weighted by Gasteiger charge is 2.09. The Hall–Kier alpha value is -2.15. The summed E-state index contributed by atoms with van der Waals surface area (Å²) < 4.78 is 0. The lowest BCUT2D eigenvalue weighted by Gasteiger charge is -2.07. The number of ketones is 1. The van der Waals surface area contributed by atoms with Crippen LogP contribution < -0.4 is 0 Å². The second kappa shape index (κ2) is 7.44. The van der Waals surface area contributed by atoms with E-state index in [1.54, 1.807) is 6.08 Å². The topological polar surface area (TPSA) is 17.1 Å². The summed E-state index contributed by atoms with van der Waals surface area (Å²) in [6.07, 6.45) is 5.43. The number of carbonyl (C=O) groups is 1. The molecule has 20 heavy (non-hydrogen) atoms. The van der Waals surface area contributed by atoms with Crippen molar-refractivity contribution in [2.45, 2.75) is 19.8 Å². The van der Waals surface area contributed by atoms with Crippen LogP contribution in [-0.2, 0) is 11.2 Å². The van der Waals surface area contributed by atoms with Crippen molar-refractivity contribution >= 4 is 11.9 Å². The van der Waals surface area contributed by atoms with Crippen molar-refractivity contribution in [1.29, 1.82) is 0 Å². The first-order valence-corrected chi connectivity index (χ1v) is 7.06. The fourth-order valence-corrected chi connectivity index (χ4v) is 2.08. The summed E-state index contributed by atoms with van der Waals surface area (Å²) in [4.78, 5) is 12.1. The Morgan fingerprint density at radius 1 is 1.00 bits per heavy atom. The van der Waals surface area contributed by atoms with Crippen LogP contribution in [0, 0.1) is 5.92 Å². The normalized spacial score (nSPS) is 12.4. The molecule has 0 aliphatic carbocycles. The Kier molecular flexibility index (Phi) is 5.31. The van der Waals surface area contributed by atoms with Gasteiger partial charge in [0.25, 0.3) is 0 Å². The molecule has 2 rings (SSSR count). The highest BCUT2D eigenvalue weighted by atomic mass is 16.1. The van der Waals surface area contributed by atoms with Gasteiger partial charge in [-0.2, -0.15) is 0 Å². The molecule has 1 nitrogen and oxygen atoms in total. The molecule has 0 fully saturated rings. The standard InChI is InChI=1S/C19H20O/c1-16(12-13-17-8-4-2-5-9-17)19(20)15-14-18-10-6-3-7-11-18/h2-11,14-16H,12-13H2,1H3/b15-14+. The van der Waals surface area contributed by atoms with Gasteiger partial charge < -0.3 is 0 Å². The predicted octanol–water partition coefficient (Wildman–Crippen LogP) is 4.54. The zero-order chi connectivity index (χ0) is 14.2. The molecular formula is C19H20O. The van der Waals surface area contributed by atoms with Gasteiger partial charge in [0, 0.05) is 5.92 Å². The summed E-state index contributed by atoms with van der Waals surface area (Å²) >= 11 is 0. The van der Waals surface area contributed by atoms with E-state index in [9.17, 15) is 4.79 Å². The van der Waals surface area contributed by atoms with Gasteiger partial charge in [-0.15, -0.1) is 0 Å². The van der Waals surface area contributed by atoms with Gasteiger partial charge in [0.2, 0.25) is 0 Å². The maximum Gasteiger partial charge on any atom is 0.158 e. The monoisotopic (exact) mass is 264 g/mol. The predicted molar refractivity (Wildman–Crippen MR) is 84.4 cm³/mol. The molecule has 1 heteroatoms. The zero-order valence-electron chi connectivity index (χ0n) is 11.8. The van der Waals surface area contributed by atoms with E-state index < -0.39 is 0 Å². The van der Waals surface area contributed by atoms with Crippen molar-refractivity contribution in [2.24, 2.45) is 5.92 Å². The van der Waals surface area contributed by atoms with Gasteiger partial charge in [-0.05, 0) is 30.0 Å². The van der Waals surface area contributed by atoms with Crippen LogP contribution in [0.25, 0.3) is 6.08 Å². The summed E-state index contributed by atoms with van der Waals surface area (Å²) in [6, 6.07) is 20.2. The van der Waals surface area contributed by atoms with Gasteiger partial charge in [0.1, 0.15) is 0 Å². The van der Waals surface area contributed by atoms with Gasteiger partial charge in [0.15, 0.2) is 5.78 Å². The number of benzene rings is 2. The number of aryl methyl sites for hydroxylation is 1. The first kappa shape index (κ1) is 14.3. The molecule has 0 saturated carbocycles.